The minimum atomic E-state index is -0.198. The van der Waals surface area contributed by atoms with E-state index in [4.69, 9.17) is 9.84 Å². The monoisotopic (exact) mass is 484 g/mol. The highest BCUT2D eigenvalue weighted by Crippen LogP contribution is 2.34. The lowest BCUT2D eigenvalue weighted by Crippen LogP contribution is -2.28. The van der Waals surface area contributed by atoms with Crippen molar-refractivity contribution >= 4 is 23.4 Å². The molecule has 0 spiro atoms. The Bertz CT molecular complexity index is 1350. The first-order valence-electron chi connectivity index (χ1n) is 11.2. The van der Waals surface area contributed by atoms with Gasteiger partial charge in [0, 0.05) is 6.42 Å². The highest BCUT2D eigenvalue weighted by Gasteiger charge is 2.33. The third kappa shape index (κ3) is 4.81. The number of carbonyl (C=O) groups excluding carboxylic acids is 1. The number of amides is 1. The summed E-state index contributed by atoms with van der Waals surface area (Å²) in [5.74, 6) is 0.818. The van der Waals surface area contributed by atoms with Gasteiger partial charge >= 0.3 is 0 Å². The molecule has 8 nitrogen and oxygen atoms in total. The van der Waals surface area contributed by atoms with Crippen LogP contribution in [0.2, 0.25) is 0 Å². The van der Waals surface area contributed by atoms with E-state index in [2.05, 4.69) is 15.5 Å². The van der Waals surface area contributed by atoms with Crippen molar-refractivity contribution in [2.45, 2.75) is 24.5 Å². The molecular formula is C26H24N6O2S. The first-order chi connectivity index (χ1) is 17.1. The molecule has 0 aliphatic carbocycles. The number of benzene rings is 3. The second-order valence-electron chi connectivity index (χ2n) is 8.09. The zero-order valence-electron chi connectivity index (χ0n) is 19.4. The Morgan fingerprint density at radius 2 is 1.77 bits per heavy atom. The summed E-state index contributed by atoms with van der Waals surface area (Å²) in [4.78, 5) is 13.4. The van der Waals surface area contributed by atoms with Crippen LogP contribution in [-0.4, -0.2) is 49.7 Å². The Morgan fingerprint density at radius 1 is 1.03 bits per heavy atom. The van der Waals surface area contributed by atoms with E-state index in [0.29, 0.717) is 11.6 Å². The number of tetrazole rings is 1. The molecule has 1 aliphatic heterocycles. The fraction of sp³-hybridized carbons (Fsp3) is 0.192. The molecule has 9 heteroatoms. The number of methoxy groups -OCH3 is 1. The topological polar surface area (TPSA) is 85.5 Å². The molecule has 0 saturated carbocycles. The largest absolute Gasteiger partial charge is 0.497 e. The average molecular weight is 485 g/mol. The van der Waals surface area contributed by atoms with Crippen LogP contribution in [0.3, 0.4) is 0 Å². The lowest BCUT2D eigenvalue weighted by Gasteiger charge is -2.22. The van der Waals surface area contributed by atoms with Crippen LogP contribution in [0.15, 0.2) is 89.1 Å². The number of carbonyl (C=O) groups is 1. The molecule has 1 unspecified atom stereocenters. The van der Waals surface area contributed by atoms with E-state index in [0.717, 1.165) is 33.8 Å². The van der Waals surface area contributed by atoms with Crippen LogP contribution in [0.4, 0.5) is 0 Å². The highest BCUT2D eigenvalue weighted by molar-refractivity contribution is 7.99. The fourth-order valence-electron chi connectivity index (χ4n) is 4.04. The molecule has 0 N–H and O–H groups in total. The Balaban J connectivity index is 1.38. The number of hydrazone groups is 1. The van der Waals surface area contributed by atoms with Crippen molar-refractivity contribution in [2.75, 3.05) is 12.9 Å². The maximum Gasteiger partial charge on any atom is 0.253 e. The Morgan fingerprint density at radius 3 is 2.51 bits per heavy atom. The van der Waals surface area contributed by atoms with Crippen LogP contribution < -0.4 is 4.74 Å². The standard InChI is InChI=1S/C26H24N6O2S/c1-18-8-6-7-11-23(18)32-26(27-29-30-32)35-17-25(33)31-24(20-12-14-21(34-2)15-13-20)16-22(28-31)19-9-4-3-5-10-19/h3-15,24H,16-17H2,1-2H3. The molecule has 0 radical (unpaired) electrons. The predicted octanol–water partition coefficient (Wildman–Crippen LogP) is 4.45. The Kier molecular flexibility index (Phi) is 6.58. The molecule has 0 fully saturated rings. The molecule has 1 aromatic heterocycles. The summed E-state index contributed by atoms with van der Waals surface area (Å²) in [6, 6.07) is 25.4. The maximum absolute atomic E-state index is 13.4. The number of hydrogen-bond donors (Lipinski definition) is 0. The third-order valence-electron chi connectivity index (χ3n) is 5.88. The molecule has 4 aromatic rings. The van der Waals surface area contributed by atoms with Crippen LogP contribution in [0.1, 0.15) is 29.2 Å². The van der Waals surface area contributed by atoms with Crippen LogP contribution in [-0.2, 0) is 4.79 Å². The van der Waals surface area contributed by atoms with Crippen molar-refractivity contribution in [3.8, 4) is 11.4 Å². The van der Waals surface area contributed by atoms with E-state index >= 15 is 0 Å². The lowest BCUT2D eigenvalue weighted by atomic mass is 9.98. The van der Waals surface area contributed by atoms with Crippen molar-refractivity contribution in [1.82, 2.24) is 25.2 Å². The molecule has 5 rings (SSSR count). The molecule has 0 saturated heterocycles. The molecule has 2 heterocycles. The van der Waals surface area contributed by atoms with Gasteiger partial charge in [-0.25, -0.2) is 5.01 Å². The number of rotatable bonds is 7. The summed E-state index contributed by atoms with van der Waals surface area (Å²) in [5, 5.41) is 19.0. The van der Waals surface area contributed by atoms with Crippen molar-refractivity contribution < 1.29 is 9.53 Å². The van der Waals surface area contributed by atoms with E-state index in [1.807, 2.05) is 85.8 Å². The van der Waals surface area contributed by atoms with Gasteiger partial charge in [0.15, 0.2) is 0 Å². The third-order valence-corrected chi connectivity index (χ3v) is 6.79. The number of para-hydroxylation sites is 1. The van der Waals surface area contributed by atoms with Gasteiger partial charge < -0.3 is 4.74 Å². The lowest BCUT2D eigenvalue weighted by molar-refractivity contribution is -0.130. The van der Waals surface area contributed by atoms with Gasteiger partial charge in [-0.05, 0) is 52.2 Å². The Labute approximate surface area is 207 Å². The quantitative estimate of drug-likeness (QED) is 0.360. The SMILES string of the molecule is COc1ccc(C2CC(c3ccccc3)=NN2C(=O)CSc2nnnn2-c2ccccc2C)cc1. The fourth-order valence-corrected chi connectivity index (χ4v) is 4.78. The number of hydrogen-bond acceptors (Lipinski definition) is 7. The zero-order chi connectivity index (χ0) is 24.2. The minimum Gasteiger partial charge on any atom is -0.497 e. The summed E-state index contributed by atoms with van der Waals surface area (Å²) >= 11 is 1.30. The molecule has 35 heavy (non-hydrogen) atoms. The van der Waals surface area contributed by atoms with E-state index < -0.39 is 0 Å². The van der Waals surface area contributed by atoms with Gasteiger partial charge in [0.1, 0.15) is 5.75 Å². The maximum atomic E-state index is 13.4. The zero-order valence-corrected chi connectivity index (χ0v) is 20.2. The van der Waals surface area contributed by atoms with E-state index in [1.165, 1.54) is 11.8 Å². The molecule has 176 valence electrons. The number of ether oxygens (including phenoxy) is 1. The molecular weight excluding hydrogens is 460 g/mol. The molecule has 3 aromatic carbocycles. The summed E-state index contributed by atoms with van der Waals surface area (Å²) in [7, 11) is 1.64. The number of aryl methyl sites for hydroxylation is 1. The van der Waals surface area contributed by atoms with Crippen LogP contribution in [0.25, 0.3) is 5.69 Å². The molecule has 1 aliphatic rings. The van der Waals surface area contributed by atoms with E-state index in [1.54, 1.807) is 16.8 Å². The number of nitrogens with zero attached hydrogens (tertiary/aromatic N) is 6. The van der Waals surface area contributed by atoms with Gasteiger partial charge in [-0.3, -0.25) is 4.79 Å². The van der Waals surface area contributed by atoms with Crippen molar-refractivity contribution in [3.05, 3.63) is 95.6 Å². The van der Waals surface area contributed by atoms with Gasteiger partial charge in [-0.2, -0.15) is 9.78 Å². The summed E-state index contributed by atoms with van der Waals surface area (Å²) in [6.07, 6.45) is 0.633. The predicted molar refractivity (Wildman–Crippen MR) is 135 cm³/mol. The smallest absolute Gasteiger partial charge is 0.253 e. The van der Waals surface area contributed by atoms with Gasteiger partial charge in [-0.15, -0.1) is 5.10 Å². The van der Waals surface area contributed by atoms with Gasteiger partial charge in [0.2, 0.25) is 5.16 Å². The normalized spacial score (nSPS) is 15.2. The summed E-state index contributed by atoms with van der Waals surface area (Å²) in [5.41, 5.74) is 4.83. The average Bonchev–Trinajstić information content (AvgIpc) is 3.56. The second-order valence-corrected chi connectivity index (χ2v) is 9.04. The van der Waals surface area contributed by atoms with Crippen molar-refractivity contribution in [1.29, 1.82) is 0 Å². The van der Waals surface area contributed by atoms with Crippen LogP contribution >= 0.6 is 11.8 Å². The molecule has 1 amide bonds. The van der Waals surface area contributed by atoms with Crippen molar-refractivity contribution in [3.63, 3.8) is 0 Å². The number of thioether (sulfide) groups is 1. The van der Waals surface area contributed by atoms with Gasteiger partial charge in [0.25, 0.3) is 5.91 Å². The van der Waals surface area contributed by atoms with Gasteiger partial charge in [-0.1, -0.05) is 72.4 Å². The number of aromatic nitrogens is 4. The van der Waals surface area contributed by atoms with Crippen LogP contribution in [0.5, 0.6) is 5.75 Å². The van der Waals surface area contributed by atoms with E-state index in [-0.39, 0.29) is 17.7 Å². The first-order valence-corrected chi connectivity index (χ1v) is 12.2. The first kappa shape index (κ1) is 22.8. The molecule has 1 atom stereocenters. The van der Waals surface area contributed by atoms with Crippen molar-refractivity contribution in [2.24, 2.45) is 5.10 Å². The summed E-state index contributed by atoms with van der Waals surface area (Å²) < 4.78 is 6.96. The van der Waals surface area contributed by atoms with Crippen LogP contribution in [0, 0.1) is 6.92 Å². The minimum absolute atomic E-state index is 0.110. The van der Waals surface area contributed by atoms with Gasteiger partial charge in [0.05, 0.1) is 30.3 Å². The second kappa shape index (κ2) is 10.1. The molecule has 0 bridgehead atoms. The summed E-state index contributed by atoms with van der Waals surface area (Å²) in [6.45, 7) is 2.00. The highest BCUT2D eigenvalue weighted by atomic mass is 32.2. The van der Waals surface area contributed by atoms with E-state index in [9.17, 15) is 4.79 Å². The Hall–Kier alpha value is -3.98.